The Morgan fingerprint density at radius 2 is 2.00 bits per heavy atom. The van der Waals surface area contributed by atoms with Crippen LogP contribution in [-0.2, 0) is 0 Å². The summed E-state index contributed by atoms with van der Waals surface area (Å²) in [5, 5.41) is 3.88. The van der Waals surface area contributed by atoms with Gasteiger partial charge in [0.15, 0.2) is 0 Å². The minimum atomic E-state index is 0.395. The van der Waals surface area contributed by atoms with E-state index in [4.69, 9.17) is 0 Å². The fourth-order valence-corrected chi connectivity index (χ4v) is 3.73. The lowest BCUT2D eigenvalue weighted by atomic mass is 9.88. The zero-order chi connectivity index (χ0) is 13.2. The number of nitrogens with zero attached hydrogens (tertiary/aromatic N) is 1. The Kier molecular flexibility index (Phi) is 4.71. The minimum absolute atomic E-state index is 0.395. The van der Waals surface area contributed by atoms with E-state index < -0.39 is 0 Å². The number of rotatable bonds is 6. The highest BCUT2D eigenvalue weighted by atomic mass is 15.3. The molecule has 0 aromatic rings. The molecule has 2 heteroatoms. The van der Waals surface area contributed by atoms with Crippen molar-refractivity contribution in [1.29, 1.82) is 0 Å². The maximum Gasteiger partial charge on any atom is 0.0309 e. The molecule has 0 spiro atoms. The predicted octanol–water partition coefficient (Wildman–Crippen LogP) is 3.42. The predicted molar refractivity (Wildman–Crippen MR) is 78.9 cm³/mol. The van der Waals surface area contributed by atoms with Crippen LogP contribution in [0.2, 0.25) is 0 Å². The summed E-state index contributed by atoms with van der Waals surface area (Å²) in [6.45, 7) is 12.0. The van der Waals surface area contributed by atoms with E-state index in [2.05, 4.69) is 37.9 Å². The number of hydrogen-bond donors (Lipinski definition) is 1. The molecule has 0 radical (unpaired) electrons. The van der Waals surface area contributed by atoms with Crippen molar-refractivity contribution in [1.82, 2.24) is 10.2 Å². The lowest BCUT2D eigenvalue weighted by Crippen LogP contribution is -2.65. The van der Waals surface area contributed by atoms with Crippen LogP contribution in [0.5, 0.6) is 0 Å². The molecule has 1 aliphatic heterocycles. The first kappa shape index (κ1) is 14.3. The van der Waals surface area contributed by atoms with E-state index in [1.165, 1.54) is 51.6 Å². The van der Waals surface area contributed by atoms with Gasteiger partial charge in [-0.1, -0.05) is 26.7 Å². The Morgan fingerprint density at radius 3 is 2.56 bits per heavy atom. The van der Waals surface area contributed by atoms with Crippen LogP contribution in [0.4, 0.5) is 0 Å². The van der Waals surface area contributed by atoms with Gasteiger partial charge >= 0.3 is 0 Å². The molecule has 2 fully saturated rings. The van der Waals surface area contributed by atoms with Crippen molar-refractivity contribution < 1.29 is 0 Å². The highest BCUT2D eigenvalue weighted by Gasteiger charge is 2.46. The van der Waals surface area contributed by atoms with Gasteiger partial charge in [0.25, 0.3) is 0 Å². The second-order valence-electron chi connectivity index (χ2n) is 6.83. The van der Waals surface area contributed by atoms with Crippen molar-refractivity contribution in [2.45, 2.75) is 83.8 Å². The second-order valence-corrected chi connectivity index (χ2v) is 6.83. The number of nitrogens with one attached hydrogen (secondary N) is 1. The lowest BCUT2D eigenvalue weighted by molar-refractivity contribution is 0.0369. The van der Waals surface area contributed by atoms with Crippen molar-refractivity contribution in [2.75, 3.05) is 13.1 Å². The normalized spacial score (nSPS) is 35.7. The van der Waals surface area contributed by atoms with E-state index in [9.17, 15) is 0 Å². The standard InChI is InChI=1S/C16H32N2/c1-5-7-13(3)18-12-16(4,14-9-10-14)17-11-15(18)8-6-2/h13-15,17H,5-12H2,1-4H3. The molecule has 3 unspecified atom stereocenters. The Hall–Kier alpha value is -0.0800. The molecule has 0 aromatic heterocycles. The first-order valence-electron chi connectivity index (χ1n) is 8.11. The monoisotopic (exact) mass is 252 g/mol. The average molecular weight is 252 g/mol. The van der Waals surface area contributed by atoms with Crippen LogP contribution in [0, 0.1) is 5.92 Å². The summed E-state index contributed by atoms with van der Waals surface area (Å²) in [7, 11) is 0. The molecule has 0 aromatic carbocycles. The summed E-state index contributed by atoms with van der Waals surface area (Å²) in [6, 6.07) is 1.52. The Bertz CT molecular complexity index is 262. The third-order valence-corrected chi connectivity index (χ3v) is 5.09. The largest absolute Gasteiger partial charge is 0.308 e. The van der Waals surface area contributed by atoms with E-state index in [1.54, 1.807) is 0 Å². The molecule has 1 N–H and O–H groups in total. The van der Waals surface area contributed by atoms with Crippen LogP contribution in [0.3, 0.4) is 0 Å². The molecule has 106 valence electrons. The molecular weight excluding hydrogens is 220 g/mol. The summed E-state index contributed by atoms with van der Waals surface area (Å²) in [4.78, 5) is 2.82. The molecule has 1 saturated carbocycles. The molecule has 0 amide bonds. The van der Waals surface area contributed by atoms with E-state index >= 15 is 0 Å². The molecule has 1 aliphatic carbocycles. The van der Waals surface area contributed by atoms with Gasteiger partial charge in [-0.3, -0.25) is 4.90 Å². The van der Waals surface area contributed by atoms with Crippen molar-refractivity contribution in [3.8, 4) is 0 Å². The third kappa shape index (κ3) is 3.08. The molecule has 0 bridgehead atoms. The fourth-order valence-electron chi connectivity index (χ4n) is 3.73. The van der Waals surface area contributed by atoms with Gasteiger partial charge in [0.1, 0.15) is 0 Å². The smallest absolute Gasteiger partial charge is 0.0309 e. The van der Waals surface area contributed by atoms with Gasteiger partial charge in [0.2, 0.25) is 0 Å². The number of hydrogen-bond acceptors (Lipinski definition) is 2. The van der Waals surface area contributed by atoms with Crippen molar-refractivity contribution in [3.05, 3.63) is 0 Å². The molecule has 3 atom stereocenters. The van der Waals surface area contributed by atoms with Crippen molar-refractivity contribution in [2.24, 2.45) is 5.92 Å². The summed E-state index contributed by atoms with van der Waals surface area (Å²) in [6.07, 6.45) is 8.20. The van der Waals surface area contributed by atoms with Crippen LogP contribution in [0.25, 0.3) is 0 Å². The quantitative estimate of drug-likeness (QED) is 0.779. The molecule has 1 saturated heterocycles. The Balaban J connectivity index is 2.02. The fraction of sp³-hybridized carbons (Fsp3) is 1.00. The van der Waals surface area contributed by atoms with Crippen LogP contribution in [-0.4, -0.2) is 35.6 Å². The molecular formula is C16H32N2. The van der Waals surface area contributed by atoms with Crippen LogP contribution < -0.4 is 5.32 Å². The van der Waals surface area contributed by atoms with Gasteiger partial charge in [0, 0.05) is 30.7 Å². The van der Waals surface area contributed by atoms with Crippen LogP contribution >= 0.6 is 0 Å². The van der Waals surface area contributed by atoms with E-state index in [-0.39, 0.29) is 0 Å². The first-order chi connectivity index (χ1) is 8.60. The van der Waals surface area contributed by atoms with Crippen molar-refractivity contribution >= 4 is 0 Å². The first-order valence-corrected chi connectivity index (χ1v) is 8.11. The Labute approximate surface area is 114 Å². The highest BCUT2D eigenvalue weighted by molar-refractivity contribution is 5.04. The van der Waals surface area contributed by atoms with Gasteiger partial charge < -0.3 is 5.32 Å². The van der Waals surface area contributed by atoms with E-state index in [0.717, 1.165) is 18.0 Å². The minimum Gasteiger partial charge on any atom is -0.308 e. The van der Waals surface area contributed by atoms with Gasteiger partial charge in [-0.25, -0.2) is 0 Å². The highest BCUT2D eigenvalue weighted by Crippen LogP contribution is 2.42. The van der Waals surface area contributed by atoms with Gasteiger partial charge in [-0.15, -0.1) is 0 Å². The summed E-state index contributed by atoms with van der Waals surface area (Å²) in [5.74, 6) is 0.941. The topological polar surface area (TPSA) is 15.3 Å². The molecule has 2 rings (SSSR count). The van der Waals surface area contributed by atoms with Crippen LogP contribution in [0.15, 0.2) is 0 Å². The molecule has 1 heterocycles. The van der Waals surface area contributed by atoms with Gasteiger partial charge in [-0.2, -0.15) is 0 Å². The zero-order valence-electron chi connectivity index (χ0n) is 12.8. The van der Waals surface area contributed by atoms with Gasteiger partial charge in [-0.05, 0) is 45.4 Å². The summed E-state index contributed by atoms with van der Waals surface area (Å²) < 4.78 is 0. The maximum atomic E-state index is 3.88. The lowest BCUT2D eigenvalue weighted by Gasteiger charge is -2.49. The van der Waals surface area contributed by atoms with Crippen LogP contribution in [0.1, 0.15) is 66.2 Å². The SMILES string of the molecule is CCCC(C)N1CC(C)(C2CC2)NCC1CCC. The summed E-state index contributed by atoms with van der Waals surface area (Å²) >= 11 is 0. The van der Waals surface area contributed by atoms with Crippen molar-refractivity contribution in [3.63, 3.8) is 0 Å². The molecule has 2 nitrogen and oxygen atoms in total. The van der Waals surface area contributed by atoms with Gasteiger partial charge in [0.05, 0.1) is 0 Å². The van der Waals surface area contributed by atoms with E-state index in [0.29, 0.717) is 5.54 Å². The Morgan fingerprint density at radius 1 is 1.28 bits per heavy atom. The van der Waals surface area contributed by atoms with E-state index in [1.807, 2.05) is 0 Å². The zero-order valence-corrected chi connectivity index (χ0v) is 12.8. The average Bonchev–Trinajstić information content (AvgIpc) is 3.16. The third-order valence-electron chi connectivity index (χ3n) is 5.09. The number of piperazine rings is 1. The molecule has 18 heavy (non-hydrogen) atoms. The molecule has 2 aliphatic rings. The summed E-state index contributed by atoms with van der Waals surface area (Å²) in [5.41, 5.74) is 0.395. The maximum absolute atomic E-state index is 3.88. The second kappa shape index (κ2) is 5.92.